The van der Waals surface area contributed by atoms with E-state index in [0.717, 1.165) is 11.5 Å². The van der Waals surface area contributed by atoms with Gasteiger partial charge in [0.2, 0.25) is 0 Å². The Balaban J connectivity index is -0.000000272. The quantitative estimate of drug-likeness (QED) is 0.625. The molecule has 24 heavy (non-hydrogen) atoms. The molecule has 0 radical (unpaired) electrons. The molecule has 1 N–H and O–H groups in total. The number of aliphatic hydroxyl groups is 1. The van der Waals surface area contributed by atoms with Gasteiger partial charge in [-0.2, -0.15) is 0 Å². The second kappa shape index (κ2) is 21.9. The summed E-state index contributed by atoms with van der Waals surface area (Å²) in [5.74, 6) is 1.22. The molecule has 1 aromatic rings. The van der Waals surface area contributed by atoms with Gasteiger partial charge in [0.15, 0.2) is 0 Å². The Morgan fingerprint density at radius 1 is 1.08 bits per heavy atom. The number of carbonyl (C=O) groups excluding carboxylic acids is 1. The van der Waals surface area contributed by atoms with Crippen LogP contribution in [0.2, 0.25) is 0 Å². The zero-order valence-electron chi connectivity index (χ0n) is 17.5. The summed E-state index contributed by atoms with van der Waals surface area (Å²) >= 11 is 0. The van der Waals surface area contributed by atoms with Crippen molar-refractivity contribution in [3.8, 4) is 0 Å². The van der Waals surface area contributed by atoms with E-state index >= 15 is 0 Å². The average Bonchev–Trinajstić information content (AvgIpc) is 2.58. The first-order valence-electron chi connectivity index (χ1n) is 9.56. The lowest BCUT2D eigenvalue weighted by atomic mass is 10.0. The molecule has 142 valence electrons. The van der Waals surface area contributed by atoms with Gasteiger partial charge >= 0.3 is 0 Å². The van der Waals surface area contributed by atoms with Crippen LogP contribution < -0.4 is 0 Å². The average molecular weight is 339 g/mol. The minimum atomic E-state index is 0.141. The summed E-state index contributed by atoms with van der Waals surface area (Å²) in [6, 6.07) is 7.84. The molecule has 0 unspecified atom stereocenters. The van der Waals surface area contributed by atoms with E-state index in [0.29, 0.717) is 6.42 Å². The van der Waals surface area contributed by atoms with Crippen molar-refractivity contribution < 1.29 is 9.90 Å². The number of rotatable bonds is 6. The van der Waals surface area contributed by atoms with Crippen molar-refractivity contribution in [3.05, 3.63) is 35.4 Å². The van der Waals surface area contributed by atoms with E-state index in [1.165, 1.54) is 31.2 Å². The molecule has 0 heterocycles. The summed E-state index contributed by atoms with van der Waals surface area (Å²) in [4.78, 5) is 9.81. The van der Waals surface area contributed by atoms with Crippen LogP contribution in [0.5, 0.6) is 0 Å². The number of aliphatic hydroxyl groups excluding tert-OH is 1. The van der Waals surface area contributed by atoms with Crippen LogP contribution in [0.15, 0.2) is 24.3 Å². The number of carbonyl (C=O) groups is 1. The number of hydrogen-bond acceptors (Lipinski definition) is 2. The van der Waals surface area contributed by atoms with E-state index in [4.69, 9.17) is 5.11 Å². The zero-order valence-corrected chi connectivity index (χ0v) is 17.5. The van der Waals surface area contributed by atoms with E-state index in [2.05, 4.69) is 20.8 Å². The van der Waals surface area contributed by atoms with Crippen LogP contribution in [-0.2, 0) is 11.4 Å². The molecule has 1 rings (SSSR count). The summed E-state index contributed by atoms with van der Waals surface area (Å²) in [5, 5.41) is 8.66. The van der Waals surface area contributed by atoms with Crippen molar-refractivity contribution in [2.45, 2.75) is 94.1 Å². The van der Waals surface area contributed by atoms with Crippen molar-refractivity contribution in [2.24, 2.45) is 5.92 Å². The smallest absolute Gasteiger partial charge is 0.129 e. The first kappa shape index (κ1) is 27.7. The maximum atomic E-state index is 9.81. The van der Waals surface area contributed by atoms with Crippen molar-refractivity contribution in [1.29, 1.82) is 0 Å². The molecule has 0 aliphatic rings. The van der Waals surface area contributed by atoms with Crippen LogP contribution in [0.1, 0.15) is 91.7 Å². The number of hydrogen-bond donors (Lipinski definition) is 1. The van der Waals surface area contributed by atoms with Crippen molar-refractivity contribution in [3.63, 3.8) is 0 Å². The van der Waals surface area contributed by atoms with Crippen LogP contribution in [0.4, 0.5) is 0 Å². The second-order valence-corrected chi connectivity index (χ2v) is 5.89. The van der Waals surface area contributed by atoms with E-state index < -0.39 is 0 Å². The fourth-order valence-electron chi connectivity index (χ4n) is 1.94. The highest BCUT2D eigenvalue weighted by Crippen LogP contribution is 2.10. The Kier molecular flexibility index (Phi) is 25.2. The molecular formula is C22H42O2. The highest BCUT2D eigenvalue weighted by Gasteiger charge is 1.95. The van der Waals surface area contributed by atoms with Gasteiger partial charge < -0.3 is 9.90 Å². The minimum absolute atomic E-state index is 0.141. The molecular weight excluding hydrogens is 296 g/mol. The van der Waals surface area contributed by atoms with Crippen LogP contribution in [0.25, 0.3) is 0 Å². The van der Waals surface area contributed by atoms with E-state index in [1.54, 1.807) is 6.92 Å². The third kappa shape index (κ3) is 23.1. The van der Waals surface area contributed by atoms with Gasteiger partial charge in [0.1, 0.15) is 5.78 Å². The van der Waals surface area contributed by atoms with Gasteiger partial charge in [-0.05, 0) is 25.3 Å². The van der Waals surface area contributed by atoms with Gasteiger partial charge in [0.25, 0.3) is 0 Å². The number of ketones is 1. The van der Waals surface area contributed by atoms with Crippen LogP contribution in [-0.4, -0.2) is 10.9 Å². The van der Waals surface area contributed by atoms with Crippen LogP contribution in [0, 0.1) is 12.8 Å². The van der Waals surface area contributed by atoms with E-state index in [-0.39, 0.29) is 12.4 Å². The highest BCUT2D eigenvalue weighted by atomic mass is 16.3. The molecule has 0 saturated carbocycles. The van der Waals surface area contributed by atoms with Gasteiger partial charge in [0.05, 0.1) is 6.61 Å². The first-order valence-corrected chi connectivity index (χ1v) is 9.56. The molecule has 2 heteroatoms. The molecule has 0 saturated heterocycles. The topological polar surface area (TPSA) is 37.3 Å². The molecule has 0 spiro atoms. The Morgan fingerprint density at radius 3 is 1.79 bits per heavy atom. The van der Waals surface area contributed by atoms with Gasteiger partial charge in [-0.25, -0.2) is 0 Å². The second-order valence-electron chi connectivity index (χ2n) is 5.89. The molecule has 0 bridgehead atoms. The SMILES string of the molecule is CC.CCC(C)=O.CCCC(C)CCC.Cc1cccc(CO)c1. The standard InChI is InChI=1S/C8H10O.C8H18.C4H8O.C2H6/c1-7-3-2-4-8(5-7)6-9;1-4-6-8(3)7-5-2;1-3-4(2)5;1-2/h2-5,9H,6H2,1H3;8H,4-7H2,1-3H3;3H2,1-2H3;1-2H3. The largest absolute Gasteiger partial charge is 0.392 e. The van der Waals surface area contributed by atoms with Crippen molar-refractivity contribution in [1.82, 2.24) is 0 Å². The van der Waals surface area contributed by atoms with Crippen LogP contribution in [0.3, 0.4) is 0 Å². The van der Waals surface area contributed by atoms with Gasteiger partial charge in [-0.15, -0.1) is 0 Å². The molecule has 0 aliphatic carbocycles. The first-order chi connectivity index (χ1) is 11.4. The Bertz CT molecular complexity index is 366. The molecule has 0 atom stereocenters. The maximum absolute atomic E-state index is 9.81. The van der Waals surface area contributed by atoms with E-state index in [1.807, 2.05) is 52.0 Å². The molecule has 0 aliphatic heterocycles. The molecule has 2 nitrogen and oxygen atoms in total. The lowest BCUT2D eigenvalue weighted by molar-refractivity contribution is -0.116. The predicted molar refractivity (Wildman–Crippen MR) is 108 cm³/mol. The summed E-state index contributed by atoms with van der Waals surface area (Å²) in [7, 11) is 0. The monoisotopic (exact) mass is 338 g/mol. The van der Waals surface area contributed by atoms with Gasteiger partial charge in [0, 0.05) is 6.42 Å². The van der Waals surface area contributed by atoms with Crippen molar-refractivity contribution in [2.75, 3.05) is 0 Å². The molecule has 1 aromatic carbocycles. The molecule has 0 aromatic heterocycles. The van der Waals surface area contributed by atoms with Gasteiger partial charge in [-0.3, -0.25) is 0 Å². The lowest BCUT2D eigenvalue weighted by Gasteiger charge is -2.05. The summed E-state index contributed by atoms with van der Waals surface area (Å²) in [5.41, 5.74) is 2.18. The van der Waals surface area contributed by atoms with Crippen molar-refractivity contribution >= 4 is 5.78 Å². The molecule has 0 fully saturated rings. The lowest BCUT2D eigenvalue weighted by Crippen LogP contribution is -1.91. The summed E-state index contributed by atoms with van der Waals surface area (Å²) < 4.78 is 0. The molecule has 0 amide bonds. The Labute approximate surface area is 151 Å². The number of aryl methyl sites for hydroxylation is 1. The summed E-state index contributed by atoms with van der Waals surface area (Å²) in [6.07, 6.45) is 6.18. The minimum Gasteiger partial charge on any atom is -0.392 e. The van der Waals surface area contributed by atoms with Gasteiger partial charge in [-0.1, -0.05) is 97.1 Å². The van der Waals surface area contributed by atoms with Crippen LogP contribution >= 0.6 is 0 Å². The fourth-order valence-corrected chi connectivity index (χ4v) is 1.94. The predicted octanol–water partition coefficient (Wildman–Crippen LogP) is 6.72. The van der Waals surface area contributed by atoms with E-state index in [9.17, 15) is 4.79 Å². The third-order valence-electron chi connectivity index (χ3n) is 3.33. The highest BCUT2D eigenvalue weighted by molar-refractivity contribution is 5.74. The maximum Gasteiger partial charge on any atom is 0.129 e. The Morgan fingerprint density at radius 2 is 1.54 bits per heavy atom. The fraction of sp³-hybridized carbons (Fsp3) is 0.682. The third-order valence-corrected chi connectivity index (χ3v) is 3.33. The number of benzene rings is 1. The number of Topliss-reactive ketones (excluding diaryl/α,β-unsaturated/α-hetero) is 1. The Hall–Kier alpha value is -1.15. The normalized spacial score (nSPS) is 8.92. The zero-order chi connectivity index (χ0) is 19.4. The summed E-state index contributed by atoms with van der Waals surface area (Å²) in [6.45, 7) is 16.4.